The minimum Gasteiger partial charge on any atom is -0.481 e. The Morgan fingerprint density at radius 1 is 1.00 bits per heavy atom. The Balaban J connectivity index is 1.40. The van der Waals surface area contributed by atoms with Crippen LogP contribution in [0.2, 0.25) is 0 Å². The molecular formula is C27H25BrN2O5. The Bertz CT molecular complexity index is 1230. The summed E-state index contributed by atoms with van der Waals surface area (Å²) in [5.74, 6) is -1.27. The molecule has 2 amide bonds. The summed E-state index contributed by atoms with van der Waals surface area (Å²) in [6.07, 6.45) is -0.717. The van der Waals surface area contributed by atoms with Gasteiger partial charge in [-0.3, -0.25) is 14.9 Å². The average Bonchev–Trinajstić information content (AvgIpc) is 3.18. The first-order chi connectivity index (χ1) is 16.9. The van der Waals surface area contributed by atoms with E-state index in [2.05, 4.69) is 45.5 Å². The van der Waals surface area contributed by atoms with Crippen LogP contribution in [0, 0.1) is 0 Å². The van der Waals surface area contributed by atoms with Gasteiger partial charge in [-0.05, 0) is 63.3 Å². The lowest BCUT2D eigenvalue weighted by Gasteiger charge is -2.20. The van der Waals surface area contributed by atoms with Crippen molar-refractivity contribution < 1.29 is 24.2 Å². The maximum atomic E-state index is 12.7. The Morgan fingerprint density at radius 3 is 2.20 bits per heavy atom. The van der Waals surface area contributed by atoms with Gasteiger partial charge in [-0.1, -0.05) is 48.5 Å². The second kappa shape index (κ2) is 10.7. The molecule has 1 aliphatic carbocycles. The number of rotatable bonds is 8. The van der Waals surface area contributed by atoms with Gasteiger partial charge in [0.1, 0.15) is 6.61 Å². The van der Waals surface area contributed by atoms with Crippen LogP contribution in [0.25, 0.3) is 11.1 Å². The van der Waals surface area contributed by atoms with Gasteiger partial charge in [0.05, 0.1) is 12.1 Å². The van der Waals surface area contributed by atoms with E-state index >= 15 is 0 Å². The highest BCUT2D eigenvalue weighted by Gasteiger charge is 2.29. The smallest absolute Gasteiger partial charge is 0.411 e. The molecule has 0 spiro atoms. The summed E-state index contributed by atoms with van der Waals surface area (Å²) in [5.41, 5.74) is 5.44. The molecule has 4 rings (SSSR count). The number of ether oxygens (including phenoxy) is 1. The van der Waals surface area contributed by atoms with Crippen LogP contribution >= 0.6 is 15.9 Å². The number of benzene rings is 3. The second-order valence-corrected chi connectivity index (χ2v) is 9.03. The summed E-state index contributed by atoms with van der Waals surface area (Å²) >= 11 is 3.40. The highest BCUT2D eigenvalue weighted by Crippen LogP contribution is 2.44. The molecule has 0 radical (unpaired) electrons. The molecule has 2 N–H and O–H groups in total. The zero-order valence-corrected chi connectivity index (χ0v) is 20.7. The van der Waals surface area contributed by atoms with Gasteiger partial charge in [0, 0.05) is 29.0 Å². The van der Waals surface area contributed by atoms with E-state index in [0.717, 1.165) is 22.3 Å². The van der Waals surface area contributed by atoms with E-state index in [-0.39, 0.29) is 31.4 Å². The number of carboxylic acid groups (broad SMARTS) is 1. The number of hydrogen-bond donors (Lipinski definition) is 2. The predicted octanol–water partition coefficient (Wildman–Crippen LogP) is 5.75. The van der Waals surface area contributed by atoms with E-state index in [1.165, 1.54) is 4.90 Å². The standard InChI is InChI=1S/C27H25BrN2O5/c1-2-30(14-13-25(31)32)26(33)17-11-12-24(23(28)15-17)29-27(34)35-16-22-20-9-5-3-7-18(20)19-8-4-6-10-21(19)22/h3-12,15,22H,2,13-14,16H2,1H3,(H,29,34)(H,31,32). The van der Waals surface area contributed by atoms with Gasteiger partial charge >= 0.3 is 12.1 Å². The topological polar surface area (TPSA) is 95.9 Å². The largest absolute Gasteiger partial charge is 0.481 e. The fourth-order valence-electron chi connectivity index (χ4n) is 4.31. The molecule has 0 saturated carbocycles. The Hall–Kier alpha value is -3.65. The number of halogens is 1. The second-order valence-electron chi connectivity index (χ2n) is 8.17. The van der Waals surface area contributed by atoms with Gasteiger partial charge in [0.25, 0.3) is 5.91 Å². The molecule has 1 aliphatic rings. The molecule has 7 nitrogen and oxygen atoms in total. The number of amides is 2. The molecule has 3 aromatic carbocycles. The molecule has 0 unspecified atom stereocenters. The maximum absolute atomic E-state index is 12.7. The minimum absolute atomic E-state index is 0.0394. The molecule has 0 aliphatic heterocycles. The first kappa shape index (κ1) is 24.5. The summed E-state index contributed by atoms with van der Waals surface area (Å²) in [6, 6.07) is 21.1. The molecule has 0 saturated heterocycles. The molecule has 0 fully saturated rings. The fraction of sp³-hybridized carbons (Fsp3) is 0.222. The van der Waals surface area contributed by atoms with Crippen molar-refractivity contribution in [3.63, 3.8) is 0 Å². The van der Waals surface area contributed by atoms with E-state index in [4.69, 9.17) is 9.84 Å². The summed E-state index contributed by atoms with van der Waals surface area (Å²) in [6.45, 7) is 2.51. The third-order valence-corrected chi connectivity index (χ3v) is 6.72. The van der Waals surface area contributed by atoms with Crippen LogP contribution in [0.3, 0.4) is 0 Å². The number of hydrogen-bond acceptors (Lipinski definition) is 4. The van der Waals surface area contributed by atoms with Gasteiger partial charge in [0.15, 0.2) is 0 Å². The van der Waals surface area contributed by atoms with Crippen LogP contribution in [-0.4, -0.2) is 47.7 Å². The van der Waals surface area contributed by atoms with Crippen molar-refractivity contribution in [1.82, 2.24) is 4.90 Å². The van der Waals surface area contributed by atoms with Crippen LogP contribution in [0.1, 0.15) is 40.7 Å². The molecule has 0 aromatic heterocycles. The van der Waals surface area contributed by atoms with E-state index in [0.29, 0.717) is 22.3 Å². The maximum Gasteiger partial charge on any atom is 0.411 e. The monoisotopic (exact) mass is 536 g/mol. The zero-order valence-electron chi connectivity index (χ0n) is 19.2. The number of nitrogens with zero attached hydrogens (tertiary/aromatic N) is 1. The van der Waals surface area contributed by atoms with Crippen molar-refractivity contribution in [2.45, 2.75) is 19.3 Å². The van der Waals surface area contributed by atoms with Gasteiger partial charge in [0.2, 0.25) is 0 Å². The number of nitrogens with one attached hydrogen (secondary N) is 1. The lowest BCUT2D eigenvalue weighted by Crippen LogP contribution is -2.32. The Kier molecular flexibility index (Phi) is 7.51. The highest BCUT2D eigenvalue weighted by molar-refractivity contribution is 9.10. The van der Waals surface area contributed by atoms with Crippen LogP contribution in [0.4, 0.5) is 10.5 Å². The van der Waals surface area contributed by atoms with E-state index in [9.17, 15) is 14.4 Å². The first-order valence-electron chi connectivity index (χ1n) is 11.3. The summed E-state index contributed by atoms with van der Waals surface area (Å²) in [5, 5.41) is 11.6. The van der Waals surface area contributed by atoms with Crippen molar-refractivity contribution in [1.29, 1.82) is 0 Å². The normalized spacial score (nSPS) is 11.9. The van der Waals surface area contributed by atoms with Crippen molar-refractivity contribution in [2.24, 2.45) is 0 Å². The van der Waals surface area contributed by atoms with E-state index in [1.807, 2.05) is 24.3 Å². The van der Waals surface area contributed by atoms with Crippen molar-refractivity contribution in [3.05, 3.63) is 87.9 Å². The molecule has 3 aromatic rings. The number of aliphatic carboxylic acids is 1. The van der Waals surface area contributed by atoms with Crippen LogP contribution in [0.15, 0.2) is 71.2 Å². The van der Waals surface area contributed by atoms with Crippen molar-refractivity contribution in [3.8, 4) is 11.1 Å². The van der Waals surface area contributed by atoms with Gasteiger partial charge in [-0.15, -0.1) is 0 Å². The number of carboxylic acids is 1. The first-order valence-corrected chi connectivity index (χ1v) is 12.1. The van der Waals surface area contributed by atoms with Gasteiger partial charge in [-0.25, -0.2) is 4.79 Å². The number of anilines is 1. The lowest BCUT2D eigenvalue weighted by molar-refractivity contribution is -0.137. The van der Waals surface area contributed by atoms with Gasteiger partial charge < -0.3 is 14.7 Å². The number of fused-ring (bicyclic) bond motifs is 3. The van der Waals surface area contributed by atoms with Crippen LogP contribution in [-0.2, 0) is 9.53 Å². The van der Waals surface area contributed by atoms with Gasteiger partial charge in [-0.2, -0.15) is 0 Å². The third kappa shape index (κ3) is 5.38. The zero-order chi connectivity index (χ0) is 24.9. The van der Waals surface area contributed by atoms with Crippen molar-refractivity contribution >= 4 is 39.6 Å². The van der Waals surface area contributed by atoms with Crippen molar-refractivity contribution in [2.75, 3.05) is 25.0 Å². The van der Waals surface area contributed by atoms with Crippen LogP contribution in [0.5, 0.6) is 0 Å². The highest BCUT2D eigenvalue weighted by atomic mass is 79.9. The molecule has 35 heavy (non-hydrogen) atoms. The quantitative estimate of drug-likeness (QED) is 0.382. The molecular weight excluding hydrogens is 512 g/mol. The molecule has 0 bridgehead atoms. The third-order valence-electron chi connectivity index (χ3n) is 6.06. The lowest BCUT2D eigenvalue weighted by atomic mass is 9.98. The predicted molar refractivity (Wildman–Crippen MR) is 137 cm³/mol. The summed E-state index contributed by atoms with van der Waals surface area (Å²) < 4.78 is 6.10. The number of carbonyl (C=O) groups excluding carboxylic acids is 2. The average molecular weight is 537 g/mol. The molecule has 0 atom stereocenters. The number of carbonyl (C=O) groups is 3. The molecule has 8 heteroatoms. The molecule has 180 valence electrons. The minimum atomic E-state index is -0.958. The fourth-order valence-corrected chi connectivity index (χ4v) is 4.79. The Labute approximate surface area is 211 Å². The summed E-state index contributed by atoms with van der Waals surface area (Å²) in [4.78, 5) is 37.6. The van der Waals surface area contributed by atoms with Crippen LogP contribution < -0.4 is 5.32 Å². The van der Waals surface area contributed by atoms with E-state index < -0.39 is 12.1 Å². The summed E-state index contributed by atoms with van der Waals surface area (Å²) in [7, 11) is 0. The molecule has 0 heterocycles. The SMILES string of the molecule is CCN(CCC(=O)O)C(=O)c1ccc(NC(=O)OCC2c3ccccc3-c3ccccc32)c(Br)c1. The Morgan fingerprint density at radius 2 is 1.63 bits per heavy atom. The van der Waals surface area contributed by atoms with E-state index in [1.54, 1.807) is 25.1 Å².